The Kier molecular flexibility index (Phi) is 16.6. The molecule has 8 N–H and O–H groups in total. The molecular weight excluding hydrogens is 514 g/mol. The maximum atomic E-state index is 11.5. The predicted octanol–water partition coefficient (Wildman–Crippen LogP) is 2.73. The summed E-state index contributed by atoms with van der Waals surface area (Å²) in [4.78, 5) is 38.5. The highest BCUT2D eigenvalue weighted by atomic mass is 32.1. The number of hydrogen-bond donors (Lipinski definition) is 6. The van der Waals surface area contributed by atoms with Gasteiger partial charge in [0, 0.05) is 24.2 Å². The lowest BCUT2D eigenvalue weighted by Crippen LogP contribution is -2.43. The number of nitrogen functional groups attached to an aromatic ring is 1. The molecule has 18 heteroatoms. The van der Waals surface area contributed by atoms with Gasteiger partial charge in [-0.1, -0.05) is 19.8 Å². The second kappa shape index (κ2) is 17.2. The van der Waals surface area contributed by atoms with Gasteiger partial charge in [-0.3, -0.25) is 10.3 Å². The Morgan fingerprint density at radius 2 is 1.57 bits per heavy atom. The Morgan fingerprint density at radius 1 is 1.06 bits per heavy atom. The van der Waals surface area contributed by atoms with Crippen LogP contribution in [0.15, 0.2) is 11.2 Å². The number of hydrogen-bond acceptors (Lipinski definition) is 7. The van der Waals surface area contributed by atoms with Crippen LogP contribution < -0.4 is 22.1 Å². The van der Waals surface area contributed by atoms with Crippen molar-refractivity contribution in [2.24, 2.45) is 10.7 Å². The summed E-state index contributed by atoms with van der Waals surface area (Å²) in [5.41, 5.74) is 11.2. The standard InChI is InChI=1S/C13H24N6OS.2C2HF3O2/c1-2-3-4-7-17-13(20)19-11(14)16-8-5-6-10-9-18-12(15)21-10;2*3-2(4,5)1(6)7/h9H,2-8H2,1H3,(H2,15,18)(H4,14,16,17,19,20);2*(H,6,7). The normalized spacial score (nSPS) is 11.3. The Bertz CT molecular complexity index is 792. The Labute approximate surface area is 199 Å². The summed E-state index contributed by atoms with van der Waals surface area (Å²) in [5.74, 6) is -5.37. The zero-order valence-corrected chi connectivity index (χ0v) is 19.2. The molecule has 202 valence electrons. The lowest BCUT2D eigenvalue weighted by atomic mass is 10.2. The molecular formula is C17H26F6N6O5S. The number of anilines is 1. The van der Waals surface area contributed by atoms with E-state index < -0.39 is 24.3 Å². The van der Waals surface area contributed by atoms with Gasteiger partial charge in [0.25, 0.3) is 0 Å². The van der Waals surface area contributed by atoms with E-state index in [1.165, 1.54) is 11.3 Å². The summed E-state index contributed by atoms with van der Waals surface area (Å²) >= 11 is 1.48. The molecule has 1 aromatic heterocycles. The molecule has 0 unspecified atom stereocenters. The van der Waals surface area contributed by atoms with Crippen LogP contribution in [0.1, 0.15) is 37.5 Å². The van der Waals surface area contributed by atoms with Gasteiger partial charge in [-0.15, -0.1) is 11.3 Å². The number of rotatable bonds is 8. The molecule has 35 heavy (non-hydrogen) atoms. The highest BCUT2D eigenvalue weighted by molar-refractivity contribution is 7.15. The van der Waals surface area contributed by atoms with Crippen molar-refractivity contribution in [3.05, 3.63) is 11.1 Å². The lowest BCUT2D eigenvalue weighted by molar-refractivity contribution is -0.193. The fourth-order valence-electron chi connectivity index (χ4n) is 1.67. The third-order valence-corrected chi connectivity index (χ3v) is 4.11. The summed E-state index contributed by atoms with van der Waals surface area (Å²) in [6, 6.07) is -0.303. The van der Waals surface area contributed by atoms with Gasteiger partial charge < -0.3 is 27.0 Å². The maximum Gasteiger partial charge on any atom is 0.490 e. The number of thiazole rings is 1. The van der Waals surface area contributed by atoms with E-state index in [-0.39, 0.29) is 12.0 Å². The number of alkyl halides is 6. The molecule has 0 saturated heterocycles. The molecule has 0 spiro atoms. The number of aromatic nitrogens is 1. The molecule has 2 amide bonds. The van der Waals surface area contributed by atoms with Crippen LogP contribution in [0, 0.1) is 0 Å². The number of carbonyl (C=O) groups is 3. The van der Waals surface area contributed by atoms with E-state index in [2.05, 4.69) is 27.5 Å². The first-order chi connectivity index (χ1) is 16.0. The first-order valence-corrected chi connectivity index (χ1v) is 10.5. The number of halogens is 6. The van der Waals surface area contributed by atoms with Gasteiger partial charge in [0.05, 0.1) is 0 Å². The van der Waals surface area contributed by atoms with Crippen LogP contribution in [0.25, 0.3) is 0 Å². The number of nitrogens with one attached hydrogen (secondary N) is 2. The number of urea groups is 1. The number of nitrogens with two attached hydrogens (primary N) is 2. The fourth-order valence-corrected chi connectivity index (χ4v) is 2.39. The van der Waals surface area contributed by atoms with Crippen LogP contribution in [0.3, 0.4) is 0 Å². The molecule has 0 aliphatic carbocycles. The molecule has 0 radical (unpaired) electrons. The Hall–Kier alpha value is -3.31. The molecule has 0 fully saturated rings. The first kappa shape index (κ1) is 33.9. The van der Waals surface area contributed by atoms with Crippen molar-refractivity contribution in [3.8, 4) is 0 Å². The zero-order chi connectivity index (χ0) is 27.7. The number of guanidine groups is 1. The maximum absolute atomic E-state index is 11.5. The van der Waals surface area contributed by atoms with Crippen molar-refractivity contribution in [1.29, 1.82) is 0 Å². The van der Waals surface area contributed by atoms with Crippen molar-refractivity contribution in [2.45, 2.75) is 51.4 Å². The van der Waals surface area contributed by atoms with E-state index in [1.807, 2.05) is 0 Å². The van der Waals surface area contributed by atoms with Gasteiger partial charge in [-0.05, 0) is 19.3 Å². The third kappa shape index (κ3) is 21.0. The van der Waals surface area contributed by atoms with E-state index >= 15 is 0 Å². The lowest BCUT2D eigenvalue weighted by Gasteiger charge is -2.06. The van der Waals surface area contributed by atoms with E-state index in [4.69, 9.17) is 31.3 Å². The number of nitrogens with zero attached hydrogens (tertiary/aromatic N) is 2. The van der Waals surface area contributed by atoms with Gasteiger partial charge >= 0.3 is 30.3 Å². The molecule has 11 nitrogen and oxygen atoms in total. The summed E-state index contributed by atoms with van der Waals surface area (Å²) in [5, 5.41) is 20.1. The second-order valence-electron chi connectivity index (χ2n) is 6.23. The van der Waals surface area contributed by atoms with Gasteiger partial charge in [0.2, 0.25) is 0 Å². The summed E-state index contributed by atoms with van der Waals surface area (Å²) in [6.45, 7) is 3.32. The minimum absolute atomic E-state index is 0.145. The first-order valence-electron chi connectivity index (χ1n) is 9.65. The number of aliphatic carboxylic acids is 2. The number of carbonyl (C=O) groups excluding carboxylic acids is 1. The largest absolute Gasteiger partial charge is 0.490 e. The monoisotopic (exact) mass is 540 g/mol. The van der Waals surface area contributed by atoms with Gasteiger partial charge in [-0.2, -0.15) is 26.3 Å². The smallest absolute Gasteiger partial charge is 0.475 e. The Morgan fingerprint density at radius 3 is 1.97 bits per heavy atom. The van der Waals surface area contributed by atoms with Crippen LogP contribution in [0.5, 0.6) is 0 Å². The highest BCUT2D eigenvalue weighted by Crippen LogP contribution is 2.16. The number of amides is 2. The van der Waals surface area contributed by atoms with E-state index in [0.717, 1.165) is 37.0 Å². The number of aryl methyl sites for hydroxylation is 1. The summed E-state index contributed by atoms with van der Waals surface area (Å²) < 4.78 is 63.5. The SMILES string of the molecule is CCCCCNC(=O)NC(N)=NCCCc1cnc(N)s1.O=C(O)C(F)(F)F.O=C(O)C(F)(F)F. The van der Waals surface area contributed by atoms with Crippen molar-refractivity contribution < 1.29 is 50.9 Å². The average Bonchev–Trinajstić information content (AvgIpc) is 3.13. The quantitative estimate of drug-likeness (QED) is 0.125. The van der Waals surface area contributed by atoms with Crippen LogP contribution >= 0.6 is 11.3 Å². The van der Waals surface area contributed by atoms with Crippen LogP contribution in [0.2, 0.25) is 0 Å². The summed E-state index contributed by atoms with van der Waals surface area (Å²) in [7, 11) is 0. The van der Waals surface area contributed by atoms with Crippen LogP contribution in [-0.4, -0.2) is 64.6 Å². The van der Waals surface area contributed by atoms with E-state index in [1.54, 1.807) is 6.20 Å². The number of unbranched alkanes of at least 4 members (excludes halogenated alkanes) is 2. The zero-order valence-electron chi connectivity index (χ0n) is 18.4. The summed E-state index contributed by atoms with van der Waals surface area (Å²) in [6.07, 6.45) is -3.50. The molecule has 0 saturated carbocycles. The van der Waals surface area contributed by atoms with Crippen molar-refractivity contribution in [3.63, 3.8) is 0 Å². The van der Waals surface area contributed by atoms with Crippen molar-refractivity contribution in [1.82, 2.24) is 15.6 Å². The average molecular weight is 540 g/mol. The fraction of sp³-hybridized carbons (Fsp3) is 0.588. The minimum atomic E-state index is -5.08. The topological polar surface area (TPSA) is 193 Å². The number of carboxylic acids is 2. The van der Waals surface area contributed by atoms with Crippen LogP contribution in [-0.2, 0) is 16.0 Å². The second-order valence-corrected chi connectivity index (χ2v) is 7.38. The van der Waals surface area contributed by atoms with E-state index in [9.17, 15) is 31.1 Å². The van der Waals surface area contributed by atoms with Gasteiger partial charge in [-0.25, -0.2) is 19.4 Å². The van der Waals surface area contributed by atoms with Crippen LogP contribution in [0.4, 0.5) is 36.3 Å². The predicted molar refractivity (Wildman–Crippen MR) is 115 cm³/mol. The molecule has 0 aliphatic heterocycles. The Balaban J connectivity index is 0. The van der Waals surface area contributed by atoms with Crippen molar-refractivity contribution in [2.75, 3.05) is 18.8 Å². The molecule has 1 rings (SSSR count). The molecule has 0 aromatic carbocycles. The highest BCUT2D eigenvalue weighted by Gasteiger charge is 2.38. The molecule has 0 aliphatic rings. The van der Waals surface area contributed by atoms with Crippen molar-refractivity contribution >= 4 is 40.4 Å². The third-order valence-electron chi connectivity index (χ3n) is 3.23. The van der Waals surface area contributed by atoms with Gasteiger partial charge in [0.15, 0.2) is 11.1 Å². The molecule has 1 heterocycles. The molecule has 1 aromatic rings. The number of aliphatic imine (C=N–C) groups is 1. The van der Waals surface area contributed by atoms with E-state index in [0.29, 0.717) is 18.2 Å². The van der Waals surface area contributed by atoms with Gasteiger partial charge in [0.1, 0.15) is 0 Å². The minimum Gasteiger partial charge on any atom is -0.475 e. The molecule has 0 bridgehead atoms. The molecule has 0 atom stereocenters. The number of carboxylic acid groups (broad SMARTS) is 2.